The molecule has 120 valence electrons. The highest BCUT2D eigenvalue weighted by Gasteiger charge is 2.41. The van der Waals surface area contributed by atoms with Crippen molar-refractivity contribution in [2.75, 3.05) is 0 Å². The van der Waals surface area contributed by atoms with E-state index in [1.165, 1.54) is 4.68 Å². The van der Waals surface area contributed by atoms with Gasteiger partial charge >= 0.3 is 0 Å². The molecule has 0 N–H and O–H groups in total. The Hall–Kier alpha value is -2.86. The normalized spacial score (nSPS) is 12.4. The first kappa shape index (κ1) is 16.0. The van der Waals surface area contributed by atoms with Crippen molar-refractivity contribution in [3.8, 4) is 0 Å². The lowest BCUT2D eigenvalue weighted by molar-refractivity contribution is -0.733. The first-order valence-electron chi connectivity index (χ1n) is 7.22. The Kier molecular flexibility index (Phi) is 3.99. The van der Waals surface area contributed by atoms with E-state index in [1.807, 2.05) is 18.2 Å². The number of fused-ring (bicyclic) bond motifs is 2. The molecule has 2 heterocycles. The molecule has 0 spiro atoms. The van der Waals surface area contributed by atoms with Crippen molar-refractivity contribution in [1.82, 2.24) is 14.9 Å². The molecular formula is C17H13ClN4O2. The Morgan fingerprint density at radius 2 is 1.67 bits per heavy atom. The Balaban J connectivity index is 0.00000169. The minimum absolute atomic E-state index is 0. The summed E-state index contributed by atoms with van der Waals surface area (Å²) in [7, 11) is 1.67. The van der Waals surface area contributed by atoms with E-state index in [-0.39, 0.29) is 24.0 Å². The molecule has 0 radical (unpaired) electrons. The molecule has 6 nitrogen and oxygen atoms in total. The van der Waals surface area contributed by atoms with E-state index in [9.17, 15) is 9.59 Å². The zero-order valence-electron chi connectivity index (χ0n) is 12.8. The predicted octanol–water partition coefficient (Wildman–Crippen LogP) is -2.07. The summed E-state index contributed by atoms with van der Waals surface area (Å²) in [6.07, 6.45) is 1.69. The number of rotatable bonds is 2. The zero-order valence-corrected chi connectivity index (χ0v) is 13.6. The largest absolute Gasteiger partial charge is 1.00 e. The highest BCUT2D eigenvalue weighted by Crippen LogP contribution is 2.25. The third-order valence-corrected chi connectivity index (χ3v) is 3.93. The van der Waals surface area contributed by atoms with Crippen LogP contribution >= 0.6 is 0 Å². The molecule has 0 aliphatic heterocycles. The van der Waals surface area contributed by atoms with E-state index < -0.39 is 0 Å². The van der Waals surface area contributed by atoms with Crippen LogP contribution in [0.15, 0.2) is 48.7 Å². The van der Waals surface area contributed by atoms with Gasteiger partial charge in [-0.15, -0.1) is 9.36 Å². The molecule has 0 atom stereocenters. The van der Waals surface area contributed by atoms with Gasteiger partial charge in [-0.3, -0.25) is 14.6 Å². The fourth-order valence-electron chi connectivity index (χ4n) is 2.90. The number of hydrogen-bond donors (Lipinski definition) is 0. The number of aryl methyl sites for hydroxylation is 1. The van der Waals surface area contributed by atoms with E-state index in [0.717, 1.165) is 5.69 Å². The second kappa shape index (κ2) is 5.98. The average molecular weight is 341 g/mol. The molecule has 0 saturated heterocycles. The van der Waals surface area contributed by atoms with Gasteiger partial charge in [0.05, 0.1) is 10.9 Å². The third kappa shape index (κ3) is 2.32. The lowest BCUT2D eigenvalue weighted by Gasteiger charge is -2.10. The molecule has 24 heavy (non-hydrogen) atoms. The van der Waals surface area contributed by atoms with E-state index in [0.29, 0.717) is 29.1 Å². The summed E-state index contributed by atoms with van der Waals surface area (Å²) >= 11 is 0. The maximum Gasteiger partial charge on any atom is 0.250 e. The molecule has 0 amide bonds. The first-order valence-corrected chi connectivity index (χ1v) is 7.22. The molecule has 0 unspecified atom stereocenters. The molecule has 2 aromatic heterocycles. The van der Waals surface area contributed by atoms with Gasteiger partial charge in [0.25, 0.3) is 0 Å². The fourth-order valence-corrected chi connectivity index (χ4v) is 2.90. The van der Waals surface area contributed by atoms with Crippen LogP contribution in [0.4, 0.5) is 0 Å². The second-order valence-electron chi connectivity index (χ2n) is 5.39. The minimum atomic E-state index is -0.181. The molecule has 0 fully saturated rings. The van der Waals surface area contributed by atoms with Crippen molar-refractivity contribution >= 4 is 11.6 Å². The number of benzene rings is 1. The van der Waals surface area contributed by atoms with Gasteiger partial charge in [-0.05, 0) is 12.1 Å². The SMILES string of the molecule is C[n+]1nn(Cc2ccccn2)c2c1C(=O)c1ccccc1C2=O.[Cl-]. The van der Waals surface area contributed by atoms with Crippen LogP contribution in [0.2, 0.25) is 0 Å². The van der Waals surface area contributed by atoms with Crippen molar-refractivity contribution in [2.24, 2.45) is 7.05 Å². The van der Waals surface area contributed by atoms with E-state index in [1.54, 1.807) is 42.2 Å². The summed E-state index contributed by atoms with van der Waals surface area (Å²) in [6.45, 7) is 0.338. The smallest absolute Gasteiger partial charge is 0.250 e. The number of halogens is 1. The van der Waals surface area contributed by atoms with Gasteiger partial charge < -0.3 is 12.4 Å². The molecule has 7 heteroatoms. The molecule has 4 rings (SSSR count). The van der Waals surface area contributed by atoms with E-state index in [4.69, 9.17) is 0 Å². The predicted molar refractivity (Wildman–Crippen MR) is 80.0 cm³/mol. The van der Waals surface area contributed by atoms with E-state index in [2.05, 4.69) is 10.2 Å². The molecule has 1 aromatic carbocycles. The van der Waals surface area contributed by atoms with Gasteiger partial charge in [0, 0.05) is 17.3 Å². The van der Waals surface area contributed by atoms with Crippen molar-refractivity contribution in [1.29, 1.82) is 0 Å². The Bertz CT molecular complexity index is 950. The van der Waals surface area contributed by atoms with Crippen LogP contribution in [-0.4, -0.2) is 26.4 Å². The zero-order chi connectivity index (χ0) is 16.0. The highest BCUT2D eigenvalue weighted by atomic mass is 35.5. The average Bonchev–Trinajstić information content (AvgIpc) is 2.90. The van der Waals surface area contributed by atoms with Crippen LogP contribution in [0.25, 0.3) is 0 Å². The minimum Gasteiger partial charge on any atom is -1.00 e. The first-order chi connectivity index (χ1) is 11.2. The van der Waals surface area contributed by atoms with Crippen LogP contribution in [0.5, 0.6) is 0 Å². The number of aromatic nitrogens is 4. The number of ketones is 2. The van der Waals surface area contributed by atoms with Gasteiger partial charge in [-0.1, -0.05) is 30.3 Å². The second-order valence-corrected chi connectivity index (χ2v) is 5.39. The summed E-state index contributed by atoms with van der Waals surface area (Å²) in [5.74, 6) is -0.357. The van der Waals surface area contributed by atoms with Crippen molar-refractivity contribution in [2.45, 2.75) is 6.54 Å². The molecule has 1 aliphatic carbocycles. The topological polar surface area (TPSA) is 68.7 Å². The standard InChI is InChI=1S/C17H13N4O2.ClH/c1-20-14-15(21(19-20)10-11-6-4-5-9-18-11)17(23)13-8-3-2-7-12(13)16(14)22;/h2-9H,10H2,1H3;1H/q+1;/p-1. The lowest BCUT2D eigenvalue weighted by atomic mass is 9.90. The quantitative estimate of drug-likeness (QED) is 0.393. The van der Waals surface area contributed by atoms with Gasteiger partial charge in [-0.25, -0.2) is 0 Å². The van der Waals surface area contributed by atoms with Crippen molar-refractivity contribution in [3.63, 3.8) is 0 Å². The van der Waals surface area contributed by atoms with Crippen molar-refractivity contribution in [3.05, 3.63) is 76.9 Å². The molecule has 0 bridgehead atoms. The van der Waals surface area contributed by atoms with Crippen LogP contribution in [-0.2, 0) is 13.6 Å². The maximum atomic E-state index is 12.8. The Morgan fingerprint density at radius 3 is 2.33 bits per heavy atom. The van der Waals surface area contributed by atoms with Gasteiger partial charge in [0.1, 0.15) is 7.05 Å². The highest BCUT2D eigenvalue weighted by molar-refractivity contribution is 6.26. The van der Waals surface area contributed by atoms with Gasteiger partial charge in [0.2, 0.25) is 23.0 Å². The Morgan fingerprint density at radius 1 is 1.00 bits per heavy atom. The van der Waals surface area contributed by atoms with Gasteiger partial charge in [0.15, 0.2) is 6.54 Å². The molecule has 0 saturated carbocycles. The van der Waals surface area contributed by atoms with Crippen LogP contribution < -0.4 is 17.1 Å². The number of carbonyl (C=O) groups excluding carboxylic acids is 2. The van der Waals surface area contributed by atoms with E-state index >= 15 is 0 Å². The number of nitrogens with zero attached hydrogens (tertiary/aromatic N) is 4. The van der Waals surface area contributed by atoms with Gasteiger partial charge in [-0.2, -0.15) is 0 Å². The molecule has 1 aliphatic rings. The molecular weight excluding hydrogens is 328 g/mol. The monoisotopic (exact) mass is 340 g/mol. The number of carbonyl (C=O) groups is 2. The van der Waals surface area contributed by atoms with Crippen LogP contribution in [0.1, 0.15) is 37.8 Å². The Labute approximate surface area is 144 Å². The summed E-state index contributed by atoms with van der Waals surface area (Å²) in [4.78, 5) is 29.8. The summed E-state index contributed by atoms with van der Waals surface area (Å²) in [5, 5.41) is 4.32. The lowest BCUT2D eigenvalue weighted by Crippen LogP contribution is -3.00. The maximum absolute atomic E-state index is 12.8. The summed E-state index contributed by atoms with van der Waals surface area (Å²) in [5.41, 5.74) is 2.27. The van der Waals surface area contributed by atoms with Crippen LogP contribution in [0.3, 0.4) is 0 Å². The molecule has 3 aromatic rings. The number of hydrogen-bond acceptors (Lipinski definition) is 4. The van der Waals surface area contributed by atoms with Crippen LogP contribution in [0, 0.1) is 0 Å². The van der Waals surface area contributed by atoms with Crippen molar-refractivity contribution < 1.29 is 26.7 Å². The number of pyridine rings is 1. The summed E-state index contributed by atoms with van der Waals surface area (Å²) in [6, 6.07) is 12.4. The third-order valence-electron chi connectivity index (χ3n) is 3.93. The fraction of sp³-hybridized carbons (Fsp3) is 0.118. The summed E-state index contributed by atoms with van der Waals surface area (Å²) < 4.78 is 3.02.